The summed E-state index contributed by atoms with van der Waals surface area (Å²) in [7, 11) is 0. The average molecular weight is 326 g/mol. The zero-order valence-electron chi connectivity index (χ0n) is 14.7. The Morgan fingerprint density at radius 2 is 1.92 bits per heavy atom. The minimum Gasteiger partial charge on any atom is -0.460 e. The highest BCUT2D eigenvalue weighted by Gasteiger charge is 2.38. The molecule has 3 rings (SSSR count). The summed E-state index contributed by atoms with van der Waals surface area (Å²) in [6.07, 6.45) is 0.468. The third-order valence-corrected chi connectivity index (χ3v) is 4.47. The highest BCUT2D eigenvalue weighted by Crippen LogP contribution is 2.26. The number of likely N-dealkylation sites (tertiary alicyclic amines) is 1. The van der Waals surface area contributed by atoms with E-state index < -0.39 is 5.60 Å². The molecule has 24 heavy (non-hydrogen) atoms. The van der Waals surface area contributed by atoms with Gasteiger partial charge in [0.25, 0.3) is 0 Å². The number of benzene rings is 2. The van der Waals surface area contributed by atoms with E-state index in [2.05, 4.69) is 35.2 Å². The minimum absolute atomic E-state index is 0.184. The fraction of sp³-hybridized carbons (Fsp3) is 0.450. The molecule has 0 saturated carbocycles. The van der Waals surface area contributed by atoms with Crippen LogP contribution in [0.15, 0.2) is 42.5 Å². The summed E-state index contributed by atoms with van der Waals surface area (Å²) < 4.78 is 5.50. The first-order valence-corrected chi connectivity index (χ1v) is 8.54. The normalized spacial score (nSPS) is 22.0. The molecule has 4 nitrogen and oxygen atoms in total. The van der Waals surface area contributed by atoms with Crippen molar-refractivity contribution in [1.82, 2.24) is 4.90 Å². The smallest absolute Gasteiger partial charge is 0.312 e. The summed E-state index contributed by atoms with van der Waals surface area (Å²) in [5.41, 5.74) is 7.08. The molecule has 1 unspecified atom stereocenters. The van der Waals surface area contributed by atoms with Crippen LogP contribution >= 0.6 is 0 Å². The molecule has 4 heteroatoms. The van der Waals surface area contributed by atoms with E-state index in [-0.39, 0.29) is 18.1 Å². The maximum Gasteiger partial charge on any atom is 0.312 e. The first-order chi connectivity index (χ1) is 11.3. The van der Waals surface area contributed by atoms with Crippen LogP contribution in [0.2, 0.25) is 0 Å². The highest BCUT2D eigenvalue weighted by atomic mass is 16.6. The van der Waals surface area contributed by atoms with E-state index in [0.717, 1.165) is 19.5 Å². The van der Waals surface area contributed by atoms with Crippen molar-refractivity contribution in [3.05, 3.63) is 48.0 Å². The molecule has 0 radical (unpaired) electrons. The van der Waals surface area contributed by atoms with Crippen LogP contribution in [0, 0.1) is 5.92 Å². The minimum atomic E-state index is -0.470. The zero-order chi connectivity index (χ0) is 17.3. The van der Waals surface area contributed by atoms with Crippen LogP contribution < -0.4 is 5.73 Å². The van der Waals surface area contributed by atoms with Crippen molar-refractivity contribution in [2.24, 2.45) is 11.7 Å². The van der Waals surface area contributed by atoms with Gasteiger partial charge in [-0.25, -0.2) is 0 Å². The van der Waals surface area contributed by atoms with Gasteiger partial charge in [0.2, 0.25) is 0 Å². The Morgan fingerprint density at radius 3 is 2.62 bits per heavy atom. The summed E-state index contributed by atoms with van der Waals surface area (Å²) in [4.78, 5) is 14.5. The Hall–Kier alpha value is -1.91. The molecule has 0 bridgehead atoms. The Labute approximate surface area is 143 Å². The second kappa shape index (κ2) is 6.54. The lowest BCUT2D eigenvalue weighted by atomic mass is 10.1. The van der Waals surface area contributed by atoms with Gasteiger partial charge in [-0.1, -0.05) is 36.4 Å². The van der Waals surface area contributed by atoms with Gasteiger partial charge in [-0.05, 0) is 49.6 Å². The number of fused-ring (bicyclic) bond motifs is 1. The van der Waals surface area contributed by atoms with Gasteiger partial charge in [-0.15, -0.1) is 0 Å². The predicted molar refractivity (Wildman–Crippen MR) is 96.3 cm³/mol. The number of rotatable bonds is 3. The summed E-state index contributed by atoms with van der Waals surface area (Å²) >= 11 is 0. The number of ether oxygens (including phenoxy) is 1. The topological polar surface area (TPSA) is 55.6 Å². The molecule has 1 aliphatic heterocycles. The molecule has 0 aromatic heterocycles. The van der Waals surface area contributed by atoms with E-state index in [4.69, 9.17) is 10.5 Å². The zero-order valence-corrected chi connectivity index (χ0v) is 14.7. The summed E-state index contributed by atoms with van der Waals surface area (Å²) in [6, 6.07) is 14.8. The van der Waals surface area contributed by atoms with Crippen molar-refractivity contribution in [1.29, 1.82) is 0 Å². The van der Waals surface area contributed by atoms with E-state index in [1.54, 1.807) is 0 Å². The Kier molecular flexibility index (Phi) is 4.61. The van der Waals surface area contributed by atoms with E-state index in [0.29, 0.717) is 0 Å². The number of hydrogen-bond donors (Lipinski definition) is 1. The quantitative estimate of drug-likeness (QED) is 0.880. The first kappa shape index (κ1) is 16.9. The van der Waals surface area contributed by atoms with Gasteiger partial charge < -0.3 is 10.5 Å². The molecule has 2 aromatic carbocycles. The maximum atomic E-state index is 12.3. The third kappa shape index (κ3) is 3.77. The second-order valence-electron chi connectivity index (χ2n) is 7.57. The fourth-order valence-corrected chi connectivity index (χ4v) is 3.27. The Bertz CT molecular complexity index is 736. The number of carbonyl (C=O) groups is 1. The van der Waals surface area contributed by atoms with Gasteiger partial charge in [0.1, 0.15) is 5.60 Å². The van der Waals surface area contributed by atoms with Gasteiger partial charge in [-0.2, -0.15) is 0 Å². The average Bonchev–Trinajstić information content (AvgIpc) is 2.87. The molecule has 0 spiro atoms. The van der Waals surface area contributed by atoms with Crippen molar-refractivity contribution in [3.63, 3.8) is 0 Å². The molecule has 1 saturated heterocycles. The van der Waals surface area contributed by atoms with Crippen molar-refractivity contribution < 1.29 is 9.53 Å². The van der Waals surface area contributed by atoms with Crippen molar-refractivity contribution >= 4 is 16.7 Å². The van der Waals surface area contributed by atoms with Crippen LogP contribution in [-0.4, -0.2) is 29.2 Å². The van der Waals surface area contributed by atoms with Gasteiger partial charge >= 0.3 is 5.97 Å². The van der Waals surface area contributed by atoms with Crippen LogP contribution in [0.1, 0.15) is 32.8 Å². The molecular formula is C20H26N2O2. The summed E-state index contributed by atoms with van der Waals surface area (Å²) in [5.74, 6) is -0.430. The van der Waals surface area contributed by atoms with Crippen LogP contribution in [-0.2, 0) is 16.1 Å². The van der Waals surface area contributed by atoms with E-state index in [1.165, 1.54) is 16.3 Å². The fourth-order valence-electron chi connectivity index (χ4n) is 3.27. The lowest BCUT2D eigenvalue weighted by Crippen LogP contribution is -2.44. The number of nitrogens with zero attached hydrogens (tertiary/aromatic N) is 1. The predicted octanol–water partition coefficient (Wildman–Crippen LogP) is 3.29. The lowest BCUT2D eigenvalue weighted by molar-refractivity contribution is -0.160. The van der Waals surface area contributed by atoms with E-state index in [1.807, 2.05) is 32.9 Å². The Morgan fingerprint density at radius 1 is 1.21 bits per heavy atom. The molecule has 0 aliphatic carbocycles. The number of nitrogens with two attached hydrogens (primary N) is 1. The van der Waals surface area contributed by atoms with Crippen LogP contribution in [0.4, 0.5) is 0 Å². The molecule has 0 amide bonds. The number of esters is 1. The monoisotopic (exact) mass is 326 g/mol. The van der Waals surface area contributed by atoms with E-state index >= 15 is 0 Å². The standard InChI is InChI=1S/C20H26N2O2/c1-20(2,3)24-19(23)17-10-11-22(18(17)21)13-14-8-9-15-6-4-5-7-16(15)12-14/h4-9,12,17-18H,10-11,13,21H2,1-3H3/t17-,18?/m1/s1. The second-order valence-corrected chi connectivity index (χ2v) is 7.57. The molecule has 1 fully saturated rings. The summed E-state index contributed by atoms with van der Waals surface area (Å²) in [5, 5.41) is 2.46. The lowest BCUT2D eigenvalue weighted by Gasteiger charge is -2.26. The molecule has 1 aliphatic rings. The van der Waals surface area contributed by atoms with Crippen molar-refractivity contribution in [3.8, 4) is 0 Å². The largest absolute Gasteiger partial charge is 0.460 e. The molecule has 2 aromatic rings. The van der Waals surface area contributed by atoms with Crippen LogP contribution in [0.5, 0.6) is 0 Å². The van der Waals surface area contributed by atoms with Gasteiger partial charge in [0, 0.05) is 13.1 Å². The van der Waals surface area contributed by atoms with Gasteiger partial charge in [0.05, 0.1) is 12.1 Å². The van der Waals surface area contributed by atoms with Gasteiger partial charge in [0.15, 0.2) is 0 Å². The molecule has 1 heterocycles. The molecule has 2 atom stereocenters. The van der Waals surface area contributed by atoms with Crippen LogP contribution in [0.3, 0.4) is 0 Å². The molecule has 2 N–H and O–H groups in total. The highest BCUT2D eigenvalue weighted by molar-refractivity contribution is 5.83. The van der Waals surface area contributed by atoms with Gasteiger partial charge in [-0.3, -0.25) is 9.69 Å². The SMILES string of the molecule is CC(C)(C)OC(=O)[C@@H]1CCN(Cc2ccc3ccccc3c2)C1N. The molecular weight excluding hydrogens is 300 g/mol. The molecule has 128 valence electrons. The maximum absolute atomic E-state index is 12.3. The number of carbonyl (C=O) groups excluding carboxylic acids is 1. The summed E-state index contributed by atoms with van der Waals surface area (Å²) in [6.45, 7) is 7.23. The van der Waals surface area contributed by atoms with E-state index in [9.17, 15) is 4.79 Å². The first-order valence-electron chi connectivity index (χ1n) is 8.54. The number of hydrogen-bond acceptors (Lipinski definition) is 4. The van der Waals surface area contributed by atoms with Crippen LogP contribution in [0.25, 0.3) is 10.8 Å². The van der Waals surface area contributed by atoms with Crippen molar-refractivity contribution in [2.75, 3.05) is 6.54 Å². The third-order valence-electron chi connectivity index (χ3n) is 4.47. The Balaban J connectivity index is 1.68. The van der Waals surface area contributed by atoms with Crippen molar-refractivity contribution in [2.45, 2.75) is 45.5 Å².